The zero-order valence-electron chi connectivity index (χ0n) is 17.4. The van der Waals surface area contributed by atoms with Crippen LogP contribution in [0, 0.1) is 5.92 Å². The number of nitrogens with zero attached hydrogens (tertiary/aromatic N) is 3. The first kappa shape index (κ1) is 21.2. The fraction of sp³-hybridized carbons (Fsp3) is 0.619. The molecule has 6 nitrogen and oxygen atoms in total. The van der Waals surface area contributed by atoms with E-state index in [2.05, 4.69) is 48.0 Å². The first-order valence-electron chi connectivity index (χ1n) is 9.91. The van der Waals surface area contributed by atoms with Gasteiger partial charge in [-0.25, -0.2) is 0 Å². The summed E-state index contributed by atoms with van der Waals surface area (Å²) in [5.74, 6) is 0.285. The van der Waals surface area contributed by atoms with Crippen LogP contribution in [0.15, 0.2) is 24.3 Å². The van der Waals surface area contributed by atoms with Crippen molar-refractivity contribution in [3.05, 3.63) is 24.3 Å². The van der Waals surface area contributed by atoms with Gasteiger partial charge in [0.1, 0.15) is 0 Å². The Kier molecular flexibility index (Phi) is 7.66. The highest BCUT2D eigenvalue weighted by Gasteiger charge is 2.26. The van der Waals surface area contributed by atoms with Crippen LogP contribution in [0.2, 0.25) is 0 Å². The molecule has 0 aliphatic carbocycles. The van der Waals surface area contributed by atoms with Crippen LogP contribution in [0.25, 0.3) is 0 Å². The Balaban J connectivity index is 1.82. The third kappa shape index (κ3) is 5.96. The Morgan fingerprint density at radius 1 is 1.15 bits per heavy atom. The second kappa shape index (κ2) is 9.74. The van der Waals surface area contributed by atoms with Gasteiger partial charge in [0, 0.05) is 44.0 Å². The molecule has 1 saturated heterocycles. The number of carbonyl (C=O) groups is 2. The molecule has 1 aliphatic heterocycles. The summed E-state index contributed by atoms with van der Waals surface area (Å²) in [7, 11) is 3.60. The van der Waals surface area contributed by atoms with Crippen LogP contribution < -0.4 is 10.2 Å². The highest BCUT2D eigenvalue weighted by molar-refractivity contribution is 5.92. The molecule has 0 aromatic heterocycles. The van der Waals surface area contributed by atoms with Gasteiger partial charge < -0.3 is 15.1 Å². The van der Waals surface area contributed by atoms with E-state index in [1.807, 2.05) is 12.1 Å². The SMILES string of the molecule is CCN(c1ccc(NC(=O)CN2CCC(C(=O)N(C)C)CC2)cc1)C(C)C. The molecule has 1 aromatic rings. The minimum absolute atomic E-state index is 0.00339. The number of rotatable bonds is 7. The van der Waals surface area contributed by atoms with E-state index in [0.717, 1.165) is 43.9 Å². The van der Waals surface area contributed by atoms with Crippen LogP contribution in [0.4, 0.5) is 11.4 Å². The van der Waals surface area contributed by atoms with Crippen LogP contribution in [0.3, 0.4) is 0 Å². The molecule has 1 N–H and O–H groups in total. The van der Waals surface area contributed by atoms with E-state index in [1.54, 1.807) is 19.0 Å². The zero-order chi connectivity index (χ0) is 20.0. The molecule has 0 spiro atoms. The standard InChI is InChI=1S/C21H34N4O2/c1-6-25(16(2)3)19-9-7-18(8-10-19)22-20(26)15-24-13-11-17(12-14-24)21(27)23(4)5/h7-10,16-17H,6,11-15H2,1-5H3,(H,22,26). The van der Waals surface area contributed by atoms with Crippen molar-refractivity contribution in [1.82, 2.24) is 9.80 Å². The lowest BCUT2D eigenvalue weighted by molar-refractivity contribution is -0.134. The Hall–Kier alpha value is -2.08. The molecule has 0 saturated carbocycles. The number of amides is 2. The van der Waals surface area contributed by atoms with Crippen molar-refractivity contribution < 1.29 is 9.59 Å². The van der Waals surface area contributed by atoms with Gasteiger partial charge in [-0.05, 0) is 71.0 Å². The van der Waals surface area contributed by atoms with Crippen molar-refractivity contribution in [2.45, 2.75) is 39.7 Å². The summed E-state index contributed by atoms with van der Waals surface area (Å²) >= 11 is 0. The predicted octanol–water partition coefficient (Wildman–Crippen LogP) is 2.66. The Bertz CT molecular complexity index is 620. The summed E-state index contributed by atoms with van der Waals surface area (Å²) in [6, 6.07) is 8.47. The van der Waals surface area contributed by atoms with Gasteiger partial charge in [0.05, 0.1) is 6.54 Å². The maximum atomic E-state index is 12.3. The molecule has 0 unspecified atom stereocenters. The molecule has 2 rings (SSSR count). The summed E-state index contributed by atoms with van der Waals surface area (Å²) in [6.45, 7) is 9.40. The molecule has 0 atom stereocenters. The summed E-state index contributed by atoms with van der Waals surface area (Å²) in [5.41, 5.74) is 1.99. The van der Waals surface area contributed by atoms with Gasteiger partial charge in [-0.2, -0.15) is 0 Å². The minimum atomic E-state index is -0.00339. The molecular weight excluding hydrogens is 340 g/mol. The maximum absolute atomic E-state index is 12.3. The van der Waals surface area contributed by atoms with Gasteiger partial charge in [-0.1, -0.05) is 0 Å². The number of anilines is 2. The monoisotopic (exact) mass is 374 g/mol. The van der Waals surface area contributed by atoms with Crippen molar-refractivity contribution in [1.29, 1.82) is 0 Å². The lowest BCUT2D eigenvalue weighted by Gasteiger charge is -2.31. The van der Waals surface area contributed by atoms with Crippen LogP contribution in [-0.4, -0.2) is 67.9 Å². The fourth-order valence-corrected chi connectivity index (χ4v) is 3.69. The van der Waals surface area contributed by atoms with E-state index < -0.39 is 0 Å². The number of hydrogen-bond donors (Lipinski definition) is 1. The molecule has 2 amide bonds. The smallest absolute Gasteiger partial charge is 0.238 e. The number of benzene rings is 1. The van der Waals surface area contributed by atoms with Gasteiger partial charge in [-0.3, -0.25) is 14.5 Å². The Labute approximate surface area is 163 Å². The highest BCUT2D eigenvalue weighted by Crippen LogP contribution is 2.21. The predicted molar refractivity (Wildman–Crippen MR) is 111 cm³/mol. The topological polar surface area (TPSA) is 55.9 Å². The maximum Gasteiger partial charge on any atom is 0.238 e. The van der Waals surface area contributed by atoms with E-state index in [9.17, 15) is 9.59 Å². The fourth-order valence-electron chi connectivity index (χ4n) is 3.69. The van der Waals surface area contributed by atoms with E-state index >= 15 is 0 Å². The summed E-state index contributed by atoms with van der Waals surface area (Å²) in [4.78, 5) is 30.5. The zero-order valence-corrected chi connectivity index (χ0v) is 17.4. The highest BCUT2D eigenvalue weighted by atomic mass is 16.2. The summed E-state index contributed by atoms with van der Waals surface area (Å²) < 4.78 is 0. The summed E-state index contributed by atoms with van der Waals surface area (Å²) in [6.07, 6.45) is 1.64. The molecule has 1 heterocycles. The van der Waals surface area contributed by atoms with Gasteiger partial charge >= 0.3 is 0 Å². The van der Waals surface area contributed by atoms with E-state index in [-0.39, 0.29) is 17.7 Å². The molecule has 1 aliphatic rings. The second-order valence-electron chi connectivity index (χ2n) is 7.76. The van der Waals surface area contributed by atoms with Gasteiger partial charge in [0.2, 0.25) is 11.8 Å². The van der Waals surface area contributed by atoms with Gasteiger partial charge in [-0.15, -0.1) is 0 Å². The van der Waals surface area contributed by atoms with Crippen molar-refractivity contribution in [3.63, 3.8) is 0 Å². The number of nitrogens with one attached hydrogen (secondary N) is 1. The quantitative estimate of drug-likeness (QED) is 0.797. The van der Waals surface area contributed by atoms with Crippen LogP contribution in [0.1, 0.15) is 33.6 Å². The molecule has 0 bridgehead atoms. The van der Waals surface area contributed by atoms with Crippen molar-refractivity contribution >= 4 is 23.2 Å². The Morgan fingerprint density at radius 2 is 1.74 bits per heavy atom. The number of hydrogen-bond acceptors (Lipinski definition) is 4. The van der Waals surface area contributed by atoms with E-state index in [4.69, 9.17) is 0 Å². The average Bonchev–Trinajstić information content (AvgIpc) is 2.63. The lowest BCUT2D eigenvalue weighted by atomic mass is 9.95. The molecule has 27 heavy (non-hydrogen) atoms. The van der Waals surface area contributed by atoms with E-state index in [1.165, 1.54) is 0 Å². The third-order valence-corrected chi connectivity index (χ3v) is 5.19. The molecule has 1 fully saturated rings. The molecular formula is C21H34N4O2. The van der Waals surface area contributed by atoms with Crippen LogP contribution in [-0.2, 0) is 9.59 Å². The van der Waals surface area contributed by atoms with Crippen molar-refractivity contribution in [3.8, 4) is 0 Å². The van der Waals surface area contributed by atoms with Crippen molar-refractivity contribution in [2.24, 2.45) is 5.92 Å². The number of carbonyl (C=O) groups excluding carboxylic acids is 2. The van der Waals surface area contributed by atoms with Crippen molar-refractivity contribution in [2.75, 3.05) is 50.5 Å². The normalized spacial score (nSPS) is 15.6. The summed E-state index contributed by atoms with van der Waals surface area (Å²) in [5, 5.41) is 2.98. The number of piperidine rings is 1. The third-order valence-electron chi connectivity index (χ3n) is 5.19. The molecule has 6 heteroatoms. The second-order valence-corrected chi connectivity index (χ2v) is 7.76. The van der Waals surface area contributed by atoms with E-state index in [0.29, 0.717) is 12.6 Å². The molecule has 0 radical (unpaired) electrons. The van der Waals surface area contributed by atoms with Crippen LogP contribution >= 0.6 is 0 Å². The minimum Gasteiger partial charge on any atom is -0.369 e. The number of likely N-dealkylation sites (tertiary alicyclic amines) is 1. The Morgan fingerprint density at radius 3 is 2.22 bits per heavy atom. The van der Waals surface area contributed by atoms with Gasteiger partial charge in [0.25, 0.3) is 0 Å². The lowest BCUT2D eigenvalue weighted by Crippen LogP contribution is -2.43. The van der Waals surface area contributed by atoms with Crippen LogP contribution in [0.5, 0.6) is 0 Å². The van der Waals surface area contributed by atoms with Gasteiger partial charge in [0.15, 0.2) is 0 Å². The first-order chi connectivity index (χ1) is 12.8. The largest absolute Gasteiger partial charge is 0.369 e. The molecule has 1 aromatic carbocycles. The average molecular weight is 375 g/mol. The first-order valence-corrected chi connectivity index (χ1v) is 9.91. The molecule has 150 valence electrons.